The van der Waals surface area contributed by atoms with E-state index in [0.717, 1.165) is 5.56 Å². The van der Waals surface area contributed by atoms with Crippen LogP contribution in [0, 0.1) is 0 Å². The molecule has 2 heterocycles. The van der Waals surface area contributed by atoms with Crippen molar-refractivity contribution in [3.63, 3.8) is 0 Å². The summed E-state index contributed by atoms with van der Waals surface area (Å²) in [6.07, 6.45) is -2.24. The van der Waals surface area contributed by atoms with E-state index in [0.29, 0.717) is 0 Å². The van der Waals surface area contributed by atoms with Gasteiger partial charge in [-0.2, -0.15) is 0 Å². The molecule has 0 aliphatic carbocycles. The van der Waals surface area contributed by atoms with Gasteiger partial charge in [0.15, 0.2) is 11.9 Å². The maximum absolute atomic E-state index is 13.7. The van der Waals surface area contributed by atoms with Crippen LogP contribution in [0.3, 0.4) is 0 Å². The van der Waals surface area contributed by atoms with Crippen LogP contribution in [-0.4, -0.2) is 72.5 Å². The van der Waals surface area contributed by atoms with E-state index >= 15 is 0 Å². The molecule has 36 heavy (non-hydrogen) atoms. The summed E-state index contributed by atoms with van der Waals surface area (Å²) in [5.41, 5.74) is -1.22. The SMILES string of the molecule is CCOC(=O)C(C[C@H]1OC(OCc2ccccc2)[C@@H]2OC(C)(C)N(C(C)=O)C21)P(=O)(OCC)OCC. The quantitative estimate of drug-likeness (QED) is 0.296. The van der Waals surface area contributed by atoms with E-state index in [2.05, 4.69) is 0 Å². The highest BCUT2D eigenvalue weighted by atomic mass is 31.2. The molecule has 202 valence electrons. The molecule has 0 N–H and O–H groups in total. The van der Waals surface area contributed by atoms with Crippen LogP contribution in [-0.2, 0) is 48.8 Å². The number of rotatable bonds is 12. The molecule has 0 saturated carbocycles. The molecule has 1 amide bonds. The Morgan fingerprint density at radius 1 is 1.08 bits per heavy atom. The van der Waals surface area contributed by atoms with Gasteiger partial charge < -0.3 is 32.9 Å². The van der Waals surface area contributed by atoms with E-state index in [1.54, 1.807) is 39.5 Å². The summed E-state index contributed by atoms with van der Waals surface area (Å²) < 4.78 is 48.5. The van der Waals surface area contributed by atoms with Crippen molar-refractivity contribution in [2.24, 2.45) is 0 Å². The molecule has 3 unspecified atom stereocenters. The maximum atomic E-state index is 13.7. The minimum atomic E-state index is -3.90. The van der Waals surface area contributed by atoms with Crippen molar-refractivity contribution in [1.29, 1.82) is 0 Å². The Morgan fingerprint density at radius 2 is 1.72 bits per heavy atom. The van der Waals surface area contributed by atoms with E-state index in [1.165, 1.54) is 6.92 Å². The van der Waals surface area contributed by atoms with Gasteiger partial charge in [0.1, 0.15) is 11.8 Å². The molecule has 2 aliphatic heterocycles. The fourth-order valence-corrected chi connectivity index (χ4v) is 6.90. The summed E-state index contributed by atoms with van der Waals surface area (Å²) in [6, 6.07) is 9.03. The zero-order valence-corrected chi connectivity index (χ0v) is 22.8. The number of hydrogen-bond acceptors (Lipinski definition) is 9. The highest BCUT2D eigenvalue weighted by Crippen LogP contribution is 2.56. The van der Waals surface area contributed by atoms with Crippen molar-refractivity contribution >= 4 is 19.5 Å². The molecule has 2 saturated heterocycles. The molecule has 0 spiro atoms. The van der Waals surface area contributed by atoms with Gasteiger partial charge in [-0.15, -0.1) is 0 Å². The third kappa shape index (κ3) is 6.18. The molecule has 10 nitrogen and oxygen atoms in total. The number of esters is 1. The summed E-state index contributed by atoms with van der Waals surface area (Å²) in [5, 5.41) is 0. The fraction of sp³-hybridized carbons (Fsp3) is 0.680. The lowest BCUT2D eigenvalue weighted by atomic mass is 10.0. The zero-order chi connectivity index (χ0) is 26.5. The Morgan fingerprint density at radius 3 is 2.28 bits per heavy atom. The summed E-state index contributed by atoms with van der Waals surface area (Å²) in [7, 11) is -3.90. The lowest BCUT2D eigenvalue weighted by Crippen LogP contribution is -2.51. The number of carbonyl (C=O) groups excluding carboxylic acids is 2. The number of hydrogen-bond donors (Lipinski definition) is 0. The van der Waals surface area contributed by atoms with E-state index in [9.17, 15) is 14.2 Å². The first-order chi connectivity index (χ1) is 17.1. The fourth-order valence-electron chi connectivity index (χ4n) is 4.95. The summed E-state index contributed by atoms with van der Waals surface area (Å²) in [5.74, 6) is -0.917. The maximum Gasteiger partial charge on any atom is 0.344 e. The smallest absolute Gasteiger partial charge is 0.344 e. The second kappa shape index (κ2) is 12.2. The Bertz CT molecular complexity index is 931. The molecule has 0 aromatic heterocycles. The molecule has 2 fully saturated rings. The standard InChI is InChI=1S/C25H38NO9P/c1-7-30-23(28)20(36(29,32-8-2)33-9-3)15-19-21-22(35-25(5,6)26(21)17(4)27)24(34-19)31-16-18-13-11-10-12-14-18/h10-14,19-22,24H,7-9,15-16H2,1-6H3/t19-,20?,21?,22-,24?/m1/s1. The lowest BCUT2D eigenvalue weighted by molar-refractivity contribution is -0.213. The number of benzene rings is 1. The van der Waals surface area contributed by atoms with Crippen molar-refractivity contribution in [3.05, 3.63) is 35.9 Å². The molecule has 1 aromatic carbocycles. The molecule has 0 bridgehead atoms. The molecular weight excluding hydrogens is 489 g/mol. The van der Waals surface area contributed by atoms with Crippen LogP contribution in [0.1, 0.15) is 53.5 Å². The minimum Gasteiger partial charge on any atom is -0.465 e. The van der Waals surface area contributed by atoms with Crippen LogP contribution in [0.25, 0.3) is 0 Å². The second-order valence-corrected chi connectivity index (χ2v) is 11.3. The summed E-state index contributed by atoms with van der Waals surface area (Å²) in [4.78, 5) is 27.3. The van der Waals surface area contributed by atoms with Gasteiger partial charge in [0, 0.05) is 13.3 Å². The molecular formula is C25H38NO9P. The zero-order valence-electron chi connectivity index (χ0n) is 21.9. The minimum absolute atomic E-state index is 0.0638. The Balaban J connectivity index is 1.93. The number of carbonyl (C=O) groups is 2. The largest absolute Gasteiger partial charge is 0.465 e. The van der Waals surface area contributed by atoms with Gasteiger partial charge in [0.25, 0.3) is 0 Å². The van der Waals surface area contributed by atoms with Gasteiger partial charge in [-0.25, -0.2) is 0 Å². The van der Waals surface area contributed by atoms with Crippen LogP contribution in [0.15, 0.2) is 30.3 Å². The first-order valence-electron chi connectivity index (χ1n) is 12.4. The lowest BCUT2D eigenvalue weighted by Gasteiger charge is -2.36. The average molecular weight is 528 g/mol. The van der Waals surface area contributed by atoms with E-state index < -0.39 is 49.5 Å². The van der Waals surface area contributed by atoms with Crippen LogP contribution in [0.4, 0.5) is 0 Å². The van der Waals surface area contributed by atoms with Gasteiger partial charge in [0.05, 0.1) is 38.6 Å². The number of fused-ring (bicyclic) bond motifs is 1. The topological polar surface area (TPSA) is 110 Å². The van der Waals surface area contributed by atoms with Gasteiger partial charge in [-0.3, -0.25) is 14.2 Å². The highest BCUT2D eigenvalue weighted by molar-refractivity contribution is 7.55. The molecule has 5 atom stereocenters. The summed E-state index contributed by atoms with van der Waals surface area (Å²) >= 11 is 0. The molecule has 1 aromatic rings. The van der Waals surface area contributed by atoms with Crippen LogP contribution in [0.2, 0.25) is 0 Å². The molecule has 2 aliphatic rings. The summed E-state index contributed by atoms with van der Waals surface area (Å²) in [6.45, 7) is 10.6. The average Bonchev–Trinajstić information content (AvgIpc) is 3.28. The van der Waals surface area contributed by atoms with Crippen LogP contribution < -0.4 is 0 Å². The highest BCUT2D eigenvalue weighted by Gasteiger charge is 2.61. The van der Waals surface area contributed by atoms with Crippen molar-refractivity contribution < 1.29 is 42.1 Å². The van der Waals surface area contributed by atoms with E-state index in [4.69, 9.17) is 28.0 Å². The van der Waals surface area contributed by atoms with Crippen LogP contribution >= 0.6 is 7.60 Å². The van der Waals surface area contributed by atoms with Gasteiger partial charge in [-0.05, 0) is 40.2 Å². The predicted molar refractivity (Wildman–Crippen MR) is 131 cm³/mol. The molecule has 0 radical (unpaired) electrons. The Labute approximate surface area is 213 Å². The number of ether oxygens (including phenoxy) is 4. The van der Waals surface area contributed by atoms with Crippen molar-refractivity contribution in [1.82, 2.24) is 4.90 Å². The van der Waals surface area contributed by atoms with Gasteiger partial charge >= 0.3 is 13.6 Å². The van der Waals surface area contributed by atoms with E-state index in [-0.39, 0.29) is 38.8 Å². The third-order valence-corrected chi connectivity index (χ3v) is 8.63. The first-order valence-corrected chi connectivity index (χ1v) is 14.0. The van der Waals surface area contributed by atoms with Gasteiger partial charge in [0.2, 0.25) is 5.91 Å². The second-order valence-electron chi connectivity index (χ2n) is 9.13. The van der Waals surface area contributed by atoms with Gasteiger partial charge in [-0.1, -0.05) is 30.3 Å². The monoisotopic (exact) mass is 527 g/mol. The van der Waals surface area contributed by atoms with E-state index in [1.807, 2.05) is 30.3 Å². The van der Waals surface area contributed by atoms with Crippen molar-refractivity contribution in [2.75, 3.05) is 19.8 Å². The Kier molecular flexibility index (Phi) is 9.71. The van der Waals surface area contributed by atoms with Crippen LogP contribution in [0.5, 0.6) is 0 Å². The Hall–Kier alpha value is -1.81. The van der Waals surface area contributed by atoms with Crippen molar-refractivity contribution in [3.8, 4) is 0 Å². The normalized spacial score (nSPS) is 26.0. The molecule has 3 rings (SSSR count). The predicted octanol–water partition coefficient (Wildman–Crippen LogP) is 3.87. The number of nitrogens with zero attached hydrogens (tertiary/aromatic N) is 1. The first kappa shape index (κ1) is 28.8. The number of amides is 1. The molecule has 11 heteroatoms. The third-order valence-electron chi connectivity index (χ3n) is 6.21. The van der Waals surface area contributed by atoms with Crippen molar-refractivity contribution in [2.45, 2.75) is 90.5 Å².